The van der Waals surface area contributed by atoms with Crippen molar-refractivity contribution < 1.29 is 17.7 Å². The Kier molecular flexibility index (Phi) is 3.46. The number of rotatable bonds is 3. The molecule has 0 aliphatic rings. The van der Waals surface area contributed by atoms with Gasteiger partial charge in [0.15, 0.2) is 5.82 Å². The predicted octanol–water partition coefficient (Wildman–Crippen LogP) is 3.32. The number of nitrogens with one attached hydrogen (secondary N) is 1. The summed E-state index contributed by atoms with van der Waals surface area (Å²) in [5.41, 5.74) is -0.101. The molecule has 0 radical (unpaired) electrons. The molecular formula is C12H12F3N3O. The van der Waals surface area contributed by atoms with Gasteiger partial charge < -0.3 is 9.84 Å². The lowest BCUT2D eigenvalue weighted by atomic mass is 10.1. The maximum atomic E-state index is 12.7. The van der Waals surface area contributed by atoms with E-state index < -0.39 is 11.7 Å². The summed E-state index contributed by atoms with van der Waals surface area (Å²) >= 11 is 0. The van der Waals surface area contributed by atoms with Crippen LogP contribution in [0.1, 0.15) is 22.8 Å². The molecule has 0 spiro atoms. The molecule has 0 saturated heterocycles. The second-order valence-corrected chi connectivity index (χ2v) is 4.11. The molecule has 0 aliphatic heterocycles. The number of aromatic nitrogens is 2. The maximum absolute atomic E-state index is 12.7. The summed E-state index contributed by atoms with van der Waals surface area (Å²) in [6, 6.07) is 4.08. The van der Waals surface area contributed by atoms with E-state index in [0.29, 0.717) is 17.4 Å². The van der Waals surface area contributed by atoms with Crippen LogP contribution in [-0.2, 0) is 12.7 Å². The van der Waals surface area contributed by atoms with E-state index in [9.17, 15) is 13.2 Å². The topological polar surface area (TPSA) is 51.0 Å². The Bertz CT molecular complexity index is 578. The van der Waals surface area contributed by atoms with Gasteiger partial charge in [0.25, 0.3) is 0 Å². The number of halogens is 3. The smallest absolute Gasteiger partial charge is 0.378 e. The van der Waals surface area contributed by atoms with E-state index in [1.807, 2.05) is 0 Å². The molecule has 0 unspecified atom stereocenters. The van der Waals surface area contributed by atoms with Crippen molar-refractivity contribution in [2.75, 3.05) is 5.32 Å². The van der Waals surface area contributed by atoms with Crippen LogP contribution in [0, 0.1) is 13.8 Å². The van der Waals surface area contributed by atoms with Gasteiger partial charge in [-0.25, -0.2) is 0 Å². The number of hydrogen-bond donors (Lipinski definition) is 1. The Morgan fingerprint density at radius 3 is 2.58 bits per heavy atom. The molecule has 1 N–H and O–H groups in total. The zero-order valence-corrected chi connectivity index (χ0v) is 10.4. The van der Waals surface area contributed by atoms with Gasteiger partial charge in [-0.3, -0.25) is 0 Å². The van der Waals surface area contributed by atoms with Crippen molar-refractivity contribution in [1.82, 2.24) is 10.1 Å². The molecule has 102 valence electrons. The third-order valence-electron chi connectivity index (χ3n) is 2.56. The van der Waals surface area contributed by atoms with E-state index in [2.05, 4.69) is 15.5 Å². The highest BCUT2D eigenvalue weighted by Crippen LogP contribution is 2.33. The summed E-state index contributed by atoms with van der Waals surface area (Å²) in [5, 5.41) is 6.48. The predicted molar refractivity (Wildman–Crippen MR) is 62.5 cm³/mol. The first-order chi connectivity index (χ1) is 8.86. The van der Waals surface area contributed by atoms with Crippen LogP contribution in [0.25, 0.3) is 0 Å². The van der Waals surface area contributed by atoms with Crippen molar-refractivity contribution in [3.63, 3.8) is 0 Å². The van der Waals surface area contributed by atoms with Crippen LogP contribution in [0.3, 0.4) is 0 Å². The lowest BCUT2D eigenvalue weighted by Crippen LogP contribution is -2.09. The van der Waals surface area contributed by atoms with E-state index in [0.717, 1.165) is 6.07 Å². The molecule has 19 heavy (non-hydrogen) atoms. The van der Waals surface area contributed by atoms with Crippen molar-refractivity contribution in [1.29, 1.82) is 0 Å². The van der Waals surface area contributed by atoms with Gasteiger partial charge >= 0.3 is 6.18 Å². The minimum absolute atomic E-state index is 0.188. The number of aryl methyl sites for hydroxylation is 2. The fourth-order valence-electron chi connectivity index (χ4n) is 1.63. The zero-order chi connectivity index (χ0) is 14.0. The van der Waals surface area contributed by atoms with Gasteiger partial charge in [-0.2, -0.15) is 18.2 Å². The number of nitrogens with zero attached hydrogens (tertiary/aromatic N) is 2. The van der Waals surface area contributed by atoms with Gasteiger partial charge in [-0.15, -0.1) is 0 Å². The normalized spacial score (nSPS) is 11.6. The molecule has 7 heteroatoms. The molecular weight excluding hydrogens is 259 g/mol. The monoisotopic (exact) mass is 271 g/mol. The quantitative estimate of drug-likeness (QED) is 0.930. The maximum Gasteiger partial charge on any atom is 0.416 e. The standard InChI is InChI=1S/C12H12F3N3O/c1-7-3-4-9(5-10(7)12(13,14)15)16-6-11-17-8(2)19-18-11/h3-5,16H,6H2,1-2H3. The summed E-state index contributed by atoms with van der Waals surface area (Å²) in [4.78, 5) is 3.95. The Hall–Kier alpha value is -2.05. The highest BCUT2D eigenvalue weighted by atomic mass is 19.4. The number of benzene rings is 1. The van der Waals surface area contributed by atoms with Gasteiger partial charge in [-0.1, -0.05) is 11.2 Å². The first-order valence-corrected chi connectivity index (χ1v) is 5.57. The van der Waals surface area contributed by atoms with Crippen molar-refractivity contribution in [3.8, 4) is 0 Å². The summed E-state index contributed by atoms with van der Waals surface area (Å²) in [6.45, 7) is 3.27. The molecule has 0 fully saturated rings. The van der Waals surface area contributed by atoms with E-state index in [1.165, 1.54) is 13.0 Å². The van der Waals surface area contributed by atoms with E-state index >= 15 is 0 Å². The average molecular weight is 271 g/mol. The van der Waals surface area contributed by atoms with Gasteiger partial charge in [0.05, 0.1) is 12.1 Å². The van der Waals surface area contributed by atoms with Crippen LogP contribution in [0.4, 0.5) is 18.9 Å². The lowest BCUT2D eigenvalue weighted by Gasteiger charge is -2.12. The van der Waals surface area contributed by atoms with Crippen LogP contribution < -0.4 is 5.32 Å². The third kappa shape index (κ3) is 3.24. The van der Waals surface area contributed by atoms with E-state index in [1.54, 1.807) is 13.0 Å². The summed E-state index contributed by atoms with van der Waals surface area (Å²) in [5.74, 6) is 0.809. The number of alkyl halides is 3. The van der Waals surface area contributed by atoms with Crippen LogP contribution in [0.15, 0.2) is 22.7 Å². The van der Waals surface area contributed by atoms with Crippen molar-refractivity contribution in [2.45, 2.75) is 26.6 Å². The first-order valence-electron chi connectivity index (χ1n) is 5.57. The molecule has 1 aromatic heterocycles. The molecule has 1 aromatic carbocycles. The van der Waals surface area contributed by atoms with Crippen LogP contribution in [0.2, 0.25) is 0 Å². The molecule has 0 bridgehead atoms. The van der Waals surface area contributed by atoms with Gasteiger partial charge in [0, 0.05) is 12.6 Å². The van der Waals surface area contributed by atoms with Crippen molar-refractivity contribution in [2.24, 2.45) is 0 Å². The molecule has 0 saturated carbocycles. The first kappa shape index (κ1) is 13.4. The van der Waals surface area contributed by atoms with Crippen LogP contribution in [0.5, 0.6) is 0 Å². The van der Waals surface area contributed by atoms with Gasteiger partial charge in [0.2, 0.25) is 5.89 Å². The minimum atomic E-state index is -4.36. The van der Waals surface area contributed by atoms with Crippen LogP contribution >= 0.6 is 0 Å². The minimum Gasteiger partial charge on any atom is -0.378 e. The van der Waals surface area contributed by atoms with E-state index in [4.69, 9.17) is 4.52 Å². The Morgan fingerprint density at radius 1 is 1.26 bits per heavy atom. The molecule has 0 atom stereocenters. The molecule has 0 aliphatic carbocycles. The average Bonchev–Trinajstić information content (AvgIpc) is 2.72. The molecule has 2 rings (SSSR count). The Labute approximate surface area is 107 Å². The highest BCUT2D eigenvalue weighted by molar-refractivity contribution is 5.49. The fraction of sp³-hybridized carbons (Fsp3) is 0.333. The van der Waals surface area contributed by atoms with E-state index in [-0.39, 0.29) is 12.1 Å². The van der Waals surface area contributed by atoms with Gasteiger partial charge in [-0.05, 0) is 24.6 Å². The number of hydrogen-bond acceptors (Lipinski definition) is 4. The highest BCUT2D eigenvalue weighted by Gasteiger charge is 2.32. The Morgan fingerprint density at radius 2 is 2.00 bits per heavy atom. The second-order valence-electron chi connectivity index (χ2n) is 4.11. The largest absolute Gasteiger partial charge is 0.416 e. The third-order valence-corrected chi connectivity index (χ3v) is 2.56. The van der Waals surface area contributed by atoms with Crippen molar-refractivity contribution in [3.05, 3.63) is 41.0 Å². The van der Waals surface area contributed by atoms with Gasteiger partial charge in [0.1, 0.15) is 0 Å². The second kappa shape index (κ2) is 4.91. The number of anilines is 1. The zero-order valence-electron chi connectivity index (χ0n) is 10.4. The molecule has 1 heterocycles. The van der Waals surface area contributed by atoms with Crippen molar-refractivity contribution >= 4 is 5.69 Å². The molecule has 2 aromatic rings. The molecule has 4 nitrogen and oxygen atoms in total. The SMILES string of the molecule is Cc1nc(CNc2ccc(C)c(C(F)(F)F)c2)no1. The lowest BCUT2D eigenvalue weighted by molar-refractivity contribution is -0.138. The molecule has 0 amide bonds. The Balaban J connectivity index is 2.13. The van der Waals surface area contributed by atoms with Crippen LogP contribution in [-0.4, -0.2) is 10.1 Å². The fourth-order valence-corrected chi connectivity index (χ4v) is 1.63. The summed E-state index contributed by atoms with van der Waals surface area (Å²) < 4.78 is 43.0. The summed E-state index contributed by atoms with van der Waals surface area (Å²) in [7, 11) is 0. The summed E-state index contributed by atoms with van der Waals surface area (Å²) in [6.07, 6.45) is -4.36.